The van der Waals surface area contributed by atoms with Crippen LogP contribution >= 0.6 is 12.4 Å². The number of nitrogens with one attached hydrogen (secondary N) is 1. The Labute approximate surface area is 245 Å². The molecule has 4 atom stereocenters. The van der Waals surface area contributed by atoms with Crippen molar-refractivity contribution in [2.75, 3.05) is 18.8 Å². The minimum absolute atomic E-state index is 0. The van der Waals surface area contributed by atoms with E-state index in [1.807, 2.05) is 0 Å². The molecule has 15 heteroatoms. The number of carbonyl (C=O) groups is 3. The molecule has 224 valence electrons. The fraction of sp³-hybridized carbons (Fsp3) is 0.296. The van der Waals surface area contributed by atoms with Crippen molar-refractivity contribution in [3.05, 3.63) is 70.2 Å². The number of ketones is 2. The molecule has 2 aromatic rings. The first-order valence-corrected chi connectivity index (χ1v) is 13.9. The number of carbonyl (C=O) groups excluding carboxylic acids is 3. The van der Waals surface area contributed by atoms with E-state index in [0.29, 0.717) is 0 Å². The first-order valence-electron chi connectivity index (χ1n) is 12.4. The van der Waals surface area contributed by atoms with E-state index in [-0.39, 0.29) is 35.7 Å². The maximum absolute atomic E-state index is 15.4. The Morgan fingerprint density at radius 2 is 1.76 bits per heavy atom. The van der Waals surface area contributed by atoms with Crippen molar-refractivity contribution in [3.63, 3.8) is 0 Å². The highest BCUT2D eigenvalue weighted by atomic mass is 35.5. The highest BCUT2D eigenvalue weighted by Crippen LogP contribution is 2.53. The van der Waals surface area contributed by atoms with Crippen LogP contribution in [0.15, 0.2) is 58.2 Å². The van der Waals surface area contributed by atoms with Crippen LogP contribution in [0.1, 0.15) is 17.5 Å². The van der Waals surface area contributed by atoms with Crippen molar-refractivity contribution in [2.45, 2.75) is 29.4 Å². The zero-order valence-electron chi connectivity index (χ0n) is 22.2. The highest BCUT2D eigenvalue weighted by molar-refractivity contribution is 7.92. The molecule has 0 radical (unpaired) electrons. The maximum Gasteiger partial charge on any atom is 0.262 e. The number of aromatic hydroxyl groups is 1. The van der Waals surface area contributed by atoms with Crippen LogP contribution in [0, 0.1) is 17.7 Å². The van der Waals surface area contributed by atoms with Gasteiger partial charge in [-0.1, -0.05) is 18.2 Å². The standard InChI is InChI=1S/C27H26FN3O9S.ClH/c1-31(2)20-14-9-11-8-13-15(28)10-16(30-41(39,40)12-6-4-3-5-7-12)21(32)18(13)22(33)17(11)24(35)27(14,38)25(36)19(23(20)34)26(29)37;/h3-7,10-11,14,20,30,32-33,36,38H,8-9H2,1-2H3,(H2,29,37);1H/t11-,14-,20-,27-;/m0./s1. The fourth-order valence-corrected chi connectivity index (χ4v) is 7.23. The lowest BCUT2D eigenvalue weighted by Gasteiger charge is -2.50. The molecular weight excluding hydrogens is 597 g/mol. The van der Waals surface area contributed by atoms with Crippen LogP contribution < -0.4 is 10.5 Å². The van der Waals surface area contributed by atoms with Crippen molar-refractivity contribution in [2.24, 2.45) is 17.6 Å². The van der Waals surface area contributed by atoms with E-state index >= 15 is 4.39 Å². The summed E-state index contributed by atoms with van der Waals surface area (Å²) in [6, 6.07) is 6.50. The number of phenolic OH excluding ortho intramolecular Hbond substituents is 1. The predicted molar refractivity (Wildman–Crippen MR) is 149 cm³/mol. The lowest BCUT2D eigenvalue weighted by atomic mass is 9.57. The van der Waals surface area contributed by atoms with Gasteiger partial charge >= 0.3 is 0 Å². The Balaban J connectivity index is 0.00000405. The van der Waals surface area contributed by atoms with Crippen LogP contribution in [0.2, 0.25) is 0 Å². The van der Waals surface area contributed by atoms with E-state index < -0.39 is 96.5 Å². The fourth-order valence-electron chi connectivity index (χ4n) is 6.15. The van der Waals surface area contributed by atoms with Crippen LogP contribution in [0.25, 0.3) is 5.76 Å². The van der Waals surface area contributed by atoms with Crippen molar-refractivity contribution < 1.29 is 47.6 Å². The lowest BCUT2D eigenvalue weighted by Crippen LogP contribution is -2.65. The van der Waals surface area contributed by atoms with Crippen molar-refractivity contribution in [1.29, 1.82) is 0 Å². The van der Waals surface area contributed by atoms with Gasteiger partial charge in [0.15, 0.2) is 17.1 Å². The lowest BCUT2D eigenvalue weighted by molar-refractivity contribution is -0.153. The predicted octanol–water partition coefficient (Wildman–Crippen LogP) is 1.33. The summed E-state index contributed by atoms with van der Waals surface area (Å²) in [4.78, 5) is 40.2. The number of hydrogen-bond donors (Lipinski definition) is 6. The third-order valence-corrected chi connectivity index (χ3v) is 9.35. The maximum atomic E-state index is 15.4. The first kappa shape index (κ1) is 31.0. The number of phenols is 1. The summed E-state index contributed by atoms with van der Waals surface area (Å²) in [6.45, 7) is 0. The summed E-state index contributed by atoms with van der Waals surface area (Å²) in [5.74, 6) is -9.91. The quantitative estimate of drug-likeness (QED) is 0.208. The van der Waals surface area contributed by atoms with Crippen molar-refractivity contribution in [3.8, 4) is 5.75 Å². The number of rotatable bonds is 5. The summed E-state index contributed by atoms with van der Waals surface area (Å²) in [6.07, 6.45) is -0.492. The topological polar surface area (TPSA) is 208 Å². The van der Waals surface area contributed by atoms with E-state index in [4.69, 9.17) is 5.73 Å². The Kier molecular flexibility index (Phi) is 7.65. The third kappa shape index (κ3) is 4.33. The number of likely N-dealkylation sites (N-methyl/N-ethyl adjacent to an activating group) is 1. The van der Waals surface area contributed by atoms with Gasteiger partial charge in [-0.15, -0.1) is 12.4 Å². The van der Waals surface area contributed by atoms with Gasteiger partial charge in [-0.2, -0.15) is 0 Å². The molecular formula is C27H27ClFN3O9S. The van der Waals surface area contributed by atoms with Crippen LogP contribution in [-0.2, 0) is 30.8 Å². The molecule has 0 saturated heterocycles. The second-order valence-corrected chi connectivity index (χ2v) is 12.2. The number of aliphatic hydroxyl groups is 3. The van der Waals surface area contributed by atoms with Gasteiger partial charge in [-0.3, -0.25) is 24.0 Å². The zero-order chi connectivity index (χ0) is 30.2. The van der Waals surface area contributed by atoms with Gasteiger partial charge in [-0.05, 0) is 45.0 Å². The molecule has 0 aromatic heterocycles. The van der Waals surface area contributed by atoms with Gasteiger partial charge in [-0.25, -0.2) is 12.8 Å². The van der Waals surface area contributed by atoms with Gasteiger partial charge in [0.1, 0.15) is 22.9 Å². The van der Waals surface area contributed by atoms with Crippen LogP contribution in [0.5, 0.6) is 5.75 Å². The Hall–Kier alpha value is -3.98. The number of halogens is 2. The number of anilines is 1. The number of amides is 1. The minimum atomic E-state index is -4.30. The second kappa shape index (κ2) is 10.4. The number of primary amides is 1. The van der Waals surface area contributed by atoms with Crippen molar-refractivity contribution in [1.82, 2.24) is 4.90 Å². The first-order chi connectivity index (χ1) is 19.1. The van der Waals surface area contributed by atoms with E-state index in [1.165, 1.54) is 43.3 Å². The van der Waals surface area contributed by atoms with Crippen molar-refractivity contribution >= 4 is 51.4 Å². The highest BCUT2D eigenvalue weighted by Gasteiger charge is 2.64. The smallest absolute Gasteiger partial charge is 0.262 e. The normalized spacial score (nSPS) is 25.4. The third-order valence-electron chi connectivity index (χ3n) is 7.96. The monoisotopic (exact) mass is 623 g/mol. The van der Waals surface area contributed by atoms with Gasteiger partial charge in [0.25, 0.3) is 15.9 Å². The average molecular weight is 624 g/mol. The number of Topliss-reactive ketones (excluding diaryl/α,β-unsaturated/α-hetero) is 2. The molecule has 42 heavy (non-hydrogen) atoms. The summed E-state index contributed by atoms with van der Waals surface area (Å²) in [7, 11) is -1.38. The number of fused-ring (bicyclic) bond motifs is 3. The van der Waals surface area contributed by atoms with Crippen LogP contribution in [0.3, 0.4) is 0 Å². The average Bonchev–Trinajstić information content (AvgIpc) is 2.89. The second-order valence-electron chi connectivity index (χ2n) is 10.5. The van der Waals surface area contributed by atoms with Gasteiger partial charge in [0.05, 0.1) is 22.2 Å². The molecule has 12 nitrogen and oxygen atoms in total. The summed E-state index contributed by atoms with van der Waals surface area (Å²) < 4.78 is 43.1. The summed E-state index contributed by atoms with van der Waals surface area (Å²) in [5.41, 5.74) is -0.436. The van der Waals surface area contributed by atoms with Crippen LogP contribution in [0.4, 0.5) is 10.1 Å². The Morgan fingerprint density at radius 3 is 2.33 bits per heavy atom. The van der Waals surface area contributed by atoms with E-state index in [9.17, 15) is 43.2 Å². The molecule has 3 aliphatic rings. The number of nitrogens with two attached hydrogens (primary N) is 1. The largest absolute Gasteiger partial charge is 0.508 e. The number of aliphatic hydroxyl groups excluding tert-OH is 2. The molecule has 3 aliphatic carbocycles. The molecule has 0 heterocycles. The Bertz CT molecular complexity index is 1710. The van der Waals surface area contributed by atoms with Crippen LogP contribution in [-0.4, -0.2) is 77.0 Å². The number of nitrogens with zero attached hydrogens (tertiary/aromatic N) is 1. The van der Waals surface area contributed by atoms with E-state index in [1.54, 1.807) is 6.07 Å². The molecule has 0 aliphatic heterocycles. The number of benzene rings is 2. The molecule has 5 rings (SSSR count). The molecule has 1 amide bonds. The van der Waals surface area contributed by atoms with Gasteiger partial charge in [0.2, 0.25) is 5.78 Å². The molecule has 7 N–H and O–H groups in total. The molecule has 0 unspecified atom stereocenters. The molecule has 2 aromatic carbocycles. The number of hydrogen-bond acceptors (Lipinski definition) is 10. The SMILES string of the molecule is CN(C)[C@@H]1C(=O)C(C(N)=O)=C(O)[C@@]2(O)C(=O)C3=C(O)c4c(O)c(NS(=O)(=O)c5ccccc5)cc(F)c4C[C@H]3C[C@@H]12.Cl. The van der Waals surface area contributed by atoms with Gasteiger partial charge in [0, 0.05) is 23.1 Å². The minimum Gasteiger partial charge on any atom is -0.508 e. The van der Waals surface area contributed by atoms with E-state index in [0.717, 1.165) is 6.07 Å². The molecule has 0 bridgehead atoms. The summed E-state index contributed by atoms with van der Waals surface area (Å²) >= 11 is 0. The Morgan fingerprint density at radius 1 is 1.14 bits per heavy atom. The number of sulfonamides is 1. The van der Waals surface area contributed by atoms with Gasteiger partial charge < -0.3 is 26.2 Å². The zero-order valence-corrected chi connectivity index (χ0v) is 23.8. The molecule has 1 fully saturated rings. The molecule has 0 spiro atoms. The molecule has 1 saturated carbocycles. The van der Waals surface area contributed by atoms with E-state index in [2.05, 4.69) is 4.72 Å². The summed E-state index contributed by atoms with van der Waals surface area (Å²) in [5, 5.41) is 44.7.